The van der Waals surface area contributed by atoms with Crippen molar-refractivity contribution in [2.75, 3.05) is 17.7 Å². The van der Waals surface area contributed by atoms with E-state index in [1.165, 1.54) is 11.8 Å². The van der Waals surface area contributed by atoms with Crippen molar-refractivity contribution in [3.8, 4) is 17.1 Å². The third-order valence-corrected chi connectivity index (χ3v) is 5.46. The maximum absolute atomic E-state index is 12.7. The molecule has 32 heavy (non-hydrogen) atoms. The highest BCUT2D eigenvalue weighted by molar-refractivity contribution is 7.99. The van der Waals surface area contributed by atoms with Crippen molar-refractivity contribution in [2.24, 2.45) is 0 Å². The Balaban J connectivity index is 1.47. The first-order valence-corrected chi connectivity index (χ1v) is 11.1. The smallest absolute Gasteiger partial charge is 0.236 e. The Morgan fingerprint density at radius 1 is 1.09 bits per heavy atom. The summed E-state index contributed by atoms with van der Waals surface area (Å²) in [6.07, 6.45) is 0. The van der Waals surface area contributed by atoms with Crippen LogP contribution in [0.1, 0.15) is 18.2 Å². The molecule has 2 heterocycles. The molecule has 4 aromatic rings. The number of benzene rings is 2. The minimum Gasteiger partial charge on any atom is -0.492 e. The number of hydrogen-bond acceptors (Lipinski definition) is 7. The van der Waals surface area contributed by atoms with Gasteiger partial charge in [-0.3, -0.25) is 4.79 Å². The van der Waals surface area contributed by atoms with E-state index in [0.717, 1.165) is 22.6 Å². The molecule has 4 rings (SSSR count). The van der Waals surface area contributed by atoms with Gasteiger partial charge in [-0.2, -0.15) is 9.78 Å². The summed E-state index contributed by atoms with van der Waals surface area (Å²) in [6, 6.07) is 17.3. The summed E-state index contributed by atoms with van der Waals surface area (Å²) in [5.74, 6) is 1.23. The fourth-order valence-corrected chi connectivity index (χ4v) is 3.79. The summed E-state index contributed by atoms with van der Waals surface area (Å²) in [6.45, 7) is 6.36. The Morgan fingerprint density at radius 3 is 2.66 bits per heavy atom. The van der Waals surface area contributed by atoms with Gasteiger partial charge in [-0.25, -0.2) is 4.68 Å². The number of aryl methyl sites for hydroxylation is 2. The van der Waals surface area contributed by atoms with Gasteiger partial charge in [0.05, 0.1) is 23.7 Å². The summed E-state index contributed by atoms with van der Waals surface area (Å²) >= 11 is 1.24. The van der Waals surface area contributed by atoms with Crippen molar-refractivity contribution in [1.29, 1.82) is 0 Å². The molecule has 0 radical (unpaired) electrons. The Bertz CT molecular complexity index is 1220. The molecule has 1 N–H and O–H groups in total. The van der Waals surface area contributed by atoms with Crippen molar-refractivity contribution in [3.05, 3.63) is 65.9 Å². The molecular weight excluding hydrogens is 426 g/mol. The Hall–Kier alpha value is -3.66. The lowest BCUT2D eigenvalue weighted by molar-refractivity contribution is -0.113. The van der Waals surface area contributed by atoms with E-state index in [1.807, 2.05) is 75.4 Å². The maximum atomic E-state index is 12.7. The number of para-hydroxylation sites is 2. The first kappa shape index (κ1) is 21.6. The van der Waals surface area contributed by atoms with E-state index >= 15 is 0 Å². The van der Waals surface area contributed by atoms with Crippen LogP contribution in [0, 0.1) is 13.8 Å². The Labute approximate surface area is 189 Å². The van der Waals surface area contributed by atoms with Crippen molar-refractivity contribution >= 4 is 23.5 Å². The molecule has 0 aliphatic heterocycles. The minimum absolute atomic E-state index is 0.134. The Kier molecular flexibility index (Phi) is 6.50. The van der Waals surface area contributed by atoms with Crippen LogP contribution in [0.25, 0.3) is 11.4 Å². The largest absolute Gasteiger partial charge is 0.492 e. The van der Waals surface area contributed by atoms with Gasteiger partial charge in [0.2, 0.25) is 11.1 Å². The van der Waals surface area contributed by atoms with Gasteiger partial charge in [0.1, 0.15) is 17.3 Å². The zero-order valence-electron chi connectivity index (χ0n) is 18.0. The van der Waals surface area contributed by atoms with Gasteiger partial charge in [0.15, 0.2) is 0 Å². The number of nitrogens with zero attached hydrogens (tertiary/aromatic N) is 6. The molecule has 2 aromatic heterocycles. The monoisotopic (exact) mass is 449 g/mol. The summed E-state index contributed by atoms with van der Waals surface area (Å²) in [5, 5.41) is 19.8. The van der Waals surface area contributed by atoms with Crippen LogP contribution in [0.15, 0.2) is 59.8 Å². The van der Waals surface area contributed by atoms with Crippen LogP contribution in [0.2, 0.25) is 0 Å². The van der Waals surface area contributed by atoms with Crippen LogP contribution in [-0.2, 0) is 4.79 Å². The fraction of sp³-hybridized carbons (Fsp3) is 0.227. The van der Waals surface area contributed by atoms with Crippen molar-refractivity contribution in [3.63, 3.8) is 0 Å². The molecule has 0 bridgehead atoms. The van der Waals surface area contributed by atoms with E-state index in [-0.39, 0.29) is 11.7 Å². The number of ether oxygens (including phenoxy) is 1. The molecule has 0 spiro atoms. The number of rotatable bonds is 8. The molecule has 2 aromatic carbocycles. The van der Waals surface area contributed by atoms with Crippen LogP contribution in [-0.4, -0.2) is 48.3 Å². The zero-order valence-corrected chi connectivity index (χ0v) is 18.8. The van der Waals surface area contributed by atoms with Crippen LogP contribution in [0.4, 0.5) is 5.82 Å². The highest BCUT2D eigenvalue weighted by Gasteiger charge is 2.16. The first-order chi connectivity index (χ1) is 15.5. The average molecular weight is 450 g/mol. The van der Waals surface area contributed by atoms with Crippen molar-refractivity contribution < 1.29 is 9.53 Å². The number of amides is 1. The first-order valence-electron chi connectivity index (χ1n) is 10.1. The summed E-state index contributed by atoms with van der Waals surface area (Å²) in [5.41, 5.74) is 3.56. The highest BCUT2D eigenvalue weighted by atomic mass is 32.2. The van der Waals surface area contributed by atoms with Crippen molar-refractivity contribution in [1.82, 2.24) is 30.0 Å². The van der Waals surface area contributed by atoms with Gasteiger partial charge < -0.3 is 10.1 Å². The van der Waals surface area contributed by atoms with Crippen LogP contribution in [0.5, 0.6) is 5.75 Å². The molecule has 164 valence electrons. The van der Waals surface area contributed by atoms with E-state index in [4.69, 9.17) is 4.74 Å². The molecule has 9 nitrogen and oxygen atoms in total. The molecule has 0 atom stereocenters. The molecule has 0 unspecified atom stereocenters. The SMILES string of the molecule is CCOc1ccccc1-n1nnnc1SCC(=O)Nc1cc(C)nn1-c1ccc(C)cc1. The van der Waals surface area contributed by atoms with Crippen LogP contribution in [0.3, 0.4) is 0 Å². The van der Waals surface area contributed by atoms with Gasteiger partial charge in [-0.15, -0.1) is 5.10 Å². The maximum Gasteiger partial charge on any atom is 0.236 e. The number of thioether (sulfide) groups is 1. The second-order valence-corrected chi connectivity index (χ2v) is 7.97. The number of nitrogens with one attached hydrogen (secondary N) is 1. The predicted molar refractivity (Wildman–Crippen MR) is 123 cm³/mol. The normalized spacial score (nSPS) is 10.8. The molecule has 0 aliphatic rings. The van der Waals surface area contributed by atoms with E-state index in [9.17, 15) is 4.79 Å². The molecule has 0 saturated heterocycles. The second-order valence-electron chi connectivity index (χ2n) is 7.03. The number of carbonyl (C=O) groups is 1. The highest BCUT2D eigenvalue weighted by Crippen LogP contribution is 2.26. The topological polar surface area (TPSA) is 99.8 Å². The van der Waals surface area contributed by atoms with E-state index in [0.29, 0.717) is 23.3 Å². The van der Waals surface area contributed by atoms with Gasteiger partial charge in [0, 0.05) is 6.07 Å². The number of anilines is 1. The molecule has 1 amide bonds. The van der Waals surface area contributed by atoms with Crippen molar-refractivity contribution in [2.45, 2.75) is 25.9 Å². The van der Waals surface area contributed by atoms with Crippen LogP contribution < -0.4 is 10.1 Å². The standard InChI is InChI=1S/C22H23N7O2S/c1-4-31-19-8-6-5-7-18(19)29-22(24-26-27-29)32-14-21(30)23-20-13-16(3)25-28(20)17-11-9-15(2)10-12-17/h5-13H,4,14H2,1-3H3,(H,23,30). The lowest BCUT2D eigenvalue weighted by atomic mass is 10.2. The van der Waals surface area contributed by atoms with E-state index in [2.05, 4.69) is 25.9 Å². The molecule has 10 heteroatoms. The van der Waals surface area contributed by atoms with E-state index < -0.39 is 0 Å². The van der Waals surface area contributed by atoms with Gasteiger partial charge in [-0.1, -0.05) is 41.6 Å². The number of carbonyl (C=O) groups excluding carboxylic acids is 1. The summed E-state index contributed by atoms with van der Waals surface area (Å²) in [4.78, 5) is 12.7. The van der Waals surface area contributed by atoms with Gasteiger partial charge >= 0.3 is 0 Å². The zero-order chi connectivity index (χ0) is 22.5. The Morgan fingerprint density at radius 2 is 1.88 bits per heavy atom. The molecule has 0 aliphatic carbocycles. The number of hydrogen-bond donors (Lipinski definition) is 1. The van der Waals surface area contributed by atoms with Crippen LogP contribution >= 0.6 is 11.8 Å². The van der Waals surface area contributed by atoms with Gasteiger partial charge in [0.25, 0.3) is 0 Å². The quantitative estimate of drug-likeness (QED) is 0.410. The lowest BCUT2D eigenvalue weighted by Crippen LogP contribution is -2.17. The predicted octanol–water partition coefficient (Wildman–Crippen LogP) is 3.59. The fourth-order valence-electron chi connectivity index (χ4n) is 3.11. The third-order valence-electron chi connectivity index (χ3n) is 4.54. The number of aromatic nitrogens is 6. The molecule has 0 saturated carbocycles. The van der Waals surface area contributed by atoms with E-state index in [1.54, 1.807) is 9.36 Å². The minimum atomic E-state index is -0.184. The molecular formula is C22H23N7O2S. The third kappa shape index (κ3) is 4.80. The summed E-state index contributed by atoms with van der Waals surface area (Å²) < 4.78 is 8.97. The average Bonchev–Trinajstić information content (AvgIpc) is 3.40. The summed E-state index contributed by atoms with van der Waals surface area (Å²) in [7, 11) is 0. The molecule has 0 fully saturated rings. The number of tetrazole rings is 1. The van der Waals surface area contributed by atoms with Gasteiger partial charge in [-0.05, 0) is 55.5 Å². The second kappa shape index (κ2) is 9.65. The lowest BCUT2D eigenvalue weighted by Gasteiger charge is -2.11.